The number of aliphatic carboxylic acids is 3. The van der Waals surface area contributed by atoms with Crippen LogP contribution in [-0.2, 0) is 82.1 Å². The van der Waals surface area contributed by atoms with Gasteiger partial charge in [0.2, 0.25) is 11.6 Å². The molecule has 4 aromatic rings. The van der Waals surface area contributed by atoms with E-state index >= 15 is 0 Å². The molecule has 8 N–H and O–H groups in total. The van der Waals surface area contributed by atoms with Crippen molar-refractivity contribution < 1.29 is 93.6 Å². The maximum atomic E-state index is 14.3. The molecule has 0 unspecified atom stereocenters. The van der Waals surface area contributed by atoms with Gasteiger partial charge in [-0.05, 0) is 155 Å². The molecule has 0 saturated carbocycles. The number of carbonyl (C=O) groups excluding carboxylic acids is 4. The molecule has 3 aliphatic rings. The van der Waals surface area contributed by atoms with Crippen LogP contribution in [0.5, 0.6) is 5.75 Å². The average Bonchev–Trinajstić information content (AvgIpc) is 1.60. The van der Waals surface area contributed by atoms with E-state index in [-0.39, 0.29) is 107 Å². The summed E-state index contributed by atoms with van der Waals surface area (Å²) in [4.78, 5) is 89.7. The zero-order chi connectivity index (χ0) is 74.2. The van der Waals surface area contributed by atoms with Crippen molar-refractivity contribution in [2.24, 2.45) is 5.92 Å². The van der Waals surface area contributed by atoms with E-state index in [4.69, 9.17) is 24.4 Å². The molecule has 0 aromatic heterocycles. The van der Waals surface area contributed by atoms with E-state index in [1.807, 2.05) is 37.0 Å². The lowest BCUT2D eigenvalue weighted by Crippen LogP contribution is -2.46. The smallest absolute Gasteiger partial charge is 0.315 e. The molecule has 0 fully saturated rings. The van der Waals surface area contributed by atoms with Gasteiger partial charge in [0.05, 0.1) is 53.9 Å². The normalized spacial score (nSPS) is 16.6. The monoisotopic (exact) mass is 1450 g/mol. The van der Waals surface area contributed by atoms with E-state index in [0.29, 0.717) is 54.1 Å². The number of ether oxygens (including phenoxy) is 3. The number of Topliss-reactive ketones (excluding diaryl/α,β-unsaturated/α-hetero) is 2. The first-order valence-corrected chi connectivity index (χ1v) is 38.0. The minimum atomic E-state index is -4.57. The molecule has 0 saturated heterocycles. The highest BCUT2D eigenvalue weighted by molar-refractivity contribution is 7.86. The number of benzene rings is 4. The van der Waals surface area contributed by atoms with Crippen molar-refractivity contribution in [2.45, 2.75) is 178 Å². The van der Waals surface area contributed by atoms with Crippen molar-refractivity contribution in [3.63, 3.8) is 0 Å². The molecule has 7 rings (SSSR count). The Morgan fingerprint density at radius 2 is 1.35 bits per heavy atom. The number of carbonyl (C=O) groups is 7. The molecule has 0 spiro atoms. The quantitative estimate of drug-likeness (QED) is 0.0116. The second kappa shape index (κ2) is 38.0. The maximum absolute atomic E-state index is 14.3. The summed E-state index contributed by atoms with van der Waals surface area (Å²) < 4.78 is 88.7. The number of fused-ring (bicyclic) bond motifs is 2. The Bertz CT molecular complexity index is 4030. The zero-order valence-corrected chi connectivity index (χ0v) is 60.5. The number of carboxylic acids is 3. The van der Waals surface area contributed by atoms with Crippen LogP contribution < -0.4 is 25.6 Å². The van der Waals surface area contributed by atoms with Gasteiger partial charge < -0.3 is 50.4 Å². The molecule has 26 heteroatoms. The number of ketones is 2. The highest BCUT2D eigenvalue weighted by atomic mass is 32.2. The predicted octanol–water partition coefficient (Wildman–Crippen LogP) is 10.9. The Kier molecular flexibility index (Phi) is 30.1. The van der Waals surface area contributed by atoms with E-state index < -0.39 is 97.2 Å². The third kappa shape index (κ3) is 24.0. The van der Waals surface area contributed by atoms with Crippen molar-refractivity contribution in [3.8, 4) is 5.75 Å². The van der Waals surface area contributed by atoms with Gasteiger partial charge in [0.1, 0.15) is 18.1 Å². The number of carboxylic acid groups (broad SMARTS) is 3. The van der Waals surface area contributed by atoms with Crippen molar-refractivity contribution in [3.05, 3.63) is 166 Å². The predicted molar refractivity (Wildman–Crippen MR) is 385 cm³/mol. The van der Waals surface area contributed by atoms with Crippen LogP contribution in [0.4, 0.5) is 16.2 Å². The van der Waals surface area contributed by atoms with Crippen LogP contribution >= 0.6 is 0 Å². The first-order valence-electron chi connectivity index (χ1n) is 34.9. The van der Waals surface area contributed by atoms with Gasteiger partial charge in [-0.3, -0.25) is 37.9 Å². The lowest BCUT2D eigenvalue weighted by atomic mass is 9.81. The van der Waals surface area contributed by atoms with Crippen molar-refractivity contribution in [2.75, 3.05) is 56.7 Å². The lowest BCUT2D eigenvalue weighted by molar-refractivity contribution is -0.438. The number of nitrogens with zero attached hydrogens (tertiary/aromatic N) is 2. The molecule has 3 amide bonds. The van der Waals surface area contributed by atoms with Crippen molar-refractivity contribution in [1.82, 2.24) is 16.0 Å². The van der Waals surface area contributed by atoms with Crippen LogP contribution in [0.1, 0.15) is 160 Å². The summed E-state index contributed by atoms with van der Waals surface area (Å²) in [6.45, 7) is 12.0. The number of rotatable bonds is 43. The Hall–Kier alpha value is -8.66. The number of anilines is 1. The highest BCUT2D eigenvalue weighted by Gasteiger charge is 2.45. The Labute approximate surface area is 597 Å². The summed E-state index contributed by atoms with van der Waals surface area (Å²) in [6, 6.07) is 26.1. The molecular formula is C76H98N5O19S2+. The number of hydrogen-bond donors (Lipinski definition) is 8. The van der Waals surface area contributed by atoms with Crippen LogP contribution in [0.3, 0.4) is 0 Å². The van der Waals surface area contributed by atoms with Gasteiger partial charge in [-0.25, -0.2) is 4.79 Å². The number of allylic oxidation sites excluding steroid dienone is 7. The van der Waals surface area contributed by atoms with E-state index in [0.717, 1.165) is 60.3 Å². The van der Waals surface area contributed by atoms with Gasteiger partial charge in [0.25, 0.3) is 20.2 Å². The minimum Gasteiger partial charge on any atom is -0.481 e. The largest absolute Gasteiger partial charge is 0.481 e. The van der Waals surface area contributed by atoms with Gasteiger partial charge in [-0.1, -0.05) is 93.9 Å². The first-order chi connectivity index (χ1) is 48.5. The summed E-state index contributed by atoms with van der Waals surface area (Å²) >= 11 is 0. The van der Waals surface area contributed by atoms with Crippen LogP contribution in [0.15, 0.2) is 149 Å². The fourth-order valence-corrected chi connectivity index (χ4v) is 14.1. The Morgan fingerprint density at radius 3 is 2.04 bits per heavy atom. The van der Waals surface area contributed by atoms with Gasteiger partial charge in [0, 0.05) is 92.7 Å². The number of hydrogen-bond acceptors (Lipinski definition) is 15. The standard InChI is InChI=1S/C76H97N5O19S2/c1-6-7-13-41-80-63-24-12-11-23-59(63)75(2,3)67(80)36-29-54-21-16-22-55(30-37-68-76(4,5)60-51-58(102(95,96)97)33-35-64(60)81(68)42-14-15-47-101(92,93)94)72(54)100-57-31-27-53(28-32-57)48-56(73(89)90)50-66(83)62(49-52-19-9-8-10-20-52)78-69(84)39-44-99-46-45-98-43-18-25-65(82)61(34-38-71(87)88)79-74(91)77-40-17-26-70(85)86/h8-12,19-20,23-24,27-33,35-37,51,56,61-62H,6-7,13-18,21-22,25-26,34,38-50H2,1-5H3,(H7-,77,78,79,84,85,86,87,88,89,90,91,92,93,94,95,96,97)/p+1/t56-,61+,62+/m1/s1. The molecule has 3 atom stereocenters. The molecule has 102 heavy (non-hydrogen) atoms. The summed E-state index contributed by atoms with van der Waals surface area (Å²) in [6.07, 6.45) is 13.3. The molecule has 552 valence electrons. The number of unbranched alkanes of at least 4 members (excludes halogenated alkanes) is 3. The molecule has 1 aliphatic carbocycles. The van der Waals surface area contributed by atoms with Crippen LogP contribution in [0, 0.1) is 5.92 Å². The van der Waals surface area contributed by atoms with Gasteiger partial charge >= 0.3 is 23.9 Å². The van der Waals surface area contributed by atoms with E-state index in [1.165, 1.54) is 23.4 Å². The van der Waals surface area contributed by atoms with E-state index in [2.05, 4.69) is 77.7 Å². The second-order valence-electron chi connectivity index (χ2n) is 27.0. The molecule has 4 aromatic carbocycles. The highest BCUT2D eigenvalue weighted by Crippen LogP contribution is 2.49. The van der Waals surface area contributed by atoms with Gasteiger partial charge in [0.15, 0.2) is 17.3 Å². The Balaban J connectivity index is 1.05. The fraction of sp³-hybridized carbons (Fsp3) is 0.474. The summed E-state index contributed by atoms with van der Waals surface area (Å²) in [7, 11) is -8.80. The average molecular weight is 1450 g/mol. The van der Waals surface area contributed by atoms with Gasteiger partial charge in [-0.2, -0.15) is 21.4 Å². The van der Waals surface area contributed by atoms with Crippen LogP contribution in [-0.4, -0.2) is 157 Å². The molecular weight excluding hydrogens is 1350 g/mol. The molecule has 2 aliphatic heterocycles. The number of para-hydroxylation sites is 1. The molecule has 24 nitrogen and oxygen atoms in total. The van der Waals surface area contributed by atoms with Crippen LogP contribution in [0.25, 0.3) is 0 Å². The maximum Gasteiger partial charge on any atom is 0.315 e. The number of urea groups is 1. The van der Waals surface area contributed by atoms with Gasteiger partial charge in [-0.15, -0.1) is 0 Å². The third-order valence-corrected chi connectivity index (χ3v) is 20.2. The molecule has 0 radical (unpaired) electrons. The summed E-state index contributed by atoms with van der Waals surface area (Å²) in [5, 5.41) is 36.3. The second-order valence-corrected chi connectivity index (χ2v) is 30.0. The van der Waals surface area contributed by atoms with Crippen LogP contribution in [0.2, 0.25) is 0 Å². The molecule has 2 heterocycles. The summed E-state index contributed by atoms with van der Waals surface area (Å²) in [5.41, 5.74) is 7.60. The van der Waals surface area contributed by atoms with Crippen molar-refractivity contribution in [1.29, 1.82) is 0 Å². The zero-order valence-electron chi connectivity index (χ0n) is 58.8. The number of nitrogens with one attached hydrogen (secondary N) is 3. The summed E-state index contributed by atoms with van der Waals surface area (Å²) in [5.74, 6) is -5.30. The van der Waals surface area contributed by atoms with E-state index in [9.17, 15) is 64.6 Å². The SMILES string of the molecule is CCCCC[N+]1=C(/C=C/C2=C(Oc3ccc(C[C@H](CC(=O)[C@H](Cc4ccccc4)NC(=O)CCOCCOCCCC(=O)[C@H](CCC(=O)O)NC(=O)NCCCC(=O)O)C(=O)O)cc3)C(=C/C=C3/N(CCCCS(=O)(=O)O)c4ccc(S(=O)(=O)O)cc4C3(C)C)/CCC2)C(C)(C)c2ccccc21. The first kappa shape index (κ1) is 80.6. The third-order valence-electron chi connectivity index (χ3n) is 18.5. The van der Waals surface area contributed by atoms with E-state index in [1.54, 1.807) is 54.6 Å². The van der Waals surface area contributed by atoms with Crippen molar-refractivity contribution >= 4 is 78.7 Å². The number of amides is 3. The Morgan fingerprint density at radius 1 is 0.657 bits per heavy atom. The topological polar surface area (TPSA) is 359 Å². The molecule has 0 bridgehead atoms. The lowest BCUT2D eigenvalue weighted by Gasteiger charge is -2.27. The minimum absolute atomic E-state index is 0.0247. The fourth-order valence-electron chi connectivity index (χ4n) is 13.1.